The lowest BCUT2D eigenvalue weighted by Crippen LogP contribution is -2.30. The molecule has 0 amide bonds. The monoisotopic (exact) mass is 1440 g/mol. The minimum Gasteiger partial charge on any atom is -0.225 e. The first kappa shape index (κ1) is 71.2. The summed E-state index contributed by atoms with van der Waals surface area (Å²) in [7, 11) is 0. The summed E-state index contributed by atoms with van der Waals surface area (Å²) in [5.41, 5.74) is 34.3. The quantitative estimate of drug-likeness (QED) is 0.102. The molecule has 0 atom stereocenters. The van der Waals surface area contributed by atoms with Crippen molar-refractivity contribution in [2.75, 3.05) is 0 Å². The van der Waals surface area contributed by atoms with Gasteiger partial charge in [-0.15, -0.1) is 0 Å². The van der Waals surface area contributed by atoms with E-state index in [9.17, 15) is 0 Å². The third kappa shape index (κ3) is 12.3. The molecule has 10 aromatic carbocycles. The second-order valence-corrected chi connectivity index (χ2v) is 32.7. The van der Waals surface area contributed by atoms with Crippen LogP contribution in [0.3, 0.4) is 0 Å². The Morgan fingerprint density at radius 3 is 1.05 bits per heavy atom. The first-order chi connectivity index (χ1) is 53.3. The highest BCUT2D eigenvalue weighted by atomic mass is 15.2. The van der Waals surface area contributed by atoms with Gasteiger partial charge in [-0.3, -0.25) is 0 Å². The van der Waals surface area contributed by atoms with E-state index in [-0.39, 0.29) is 0 Å². The zero-order valence-corrected chi connectivity index (χ0v) is 66.7. The van der Waals surface area contributed by atoms with Crippen LogP contribution in [0.15, 0.2) is 262 Å². The van der Waals surface area contributed by atoms with Crippen LogP contribution in [-0.4, -0.2) is 22.7 Å². The van der Waals surface area contributed by atoms with Crippen molar-refractivity contribution in [1.82, 2.24) is 22.7 Å². The van der Waals surface area contributed by atoms with Crippen molar-refractivity contribution in [2.24, 2.45) is 0 Å². The molecule has 6 aromatic heterocycles. The maximum Gasteiger partial charge on any atom is 0.295 e. The second-order valence-electron chi connectivity index (χ2n) is 32.7. The third-order valence-electron chi connectivity index (χ3n) is 23.5. The van der Waals surface area contributed by atoms with Gasteiger partial charge in [0.15, 0.2) is 0 Å². The lowest BCUT2D eigenvalue weighted by Gasteiger charge is -2.21. The summed E-state index contributed by atoms with van der Waals surface area (Å²) in [5.74, 6) is 7.70. The third-order valence-corrected chi connectivity index (χ3v) is 23.5. The molecular formula is C100H103N10+5. The molecule has 0 N–H and O–H groups in total. The van der Waals surface area contributed by atoms with Crippen LogP contribution in [-0.2, 0) is 32.7 Å². The summed E-state index contributed by atoms with van der Waals surface area (Å²) in [6.07, 6.45) is 22.0. The number of hydrogen-bond donors (Lipinski definition) is 0. The highest BCUT2D eigenvalue weighted by Crippen LogP contribution is 2.42. The minimum atomic E-state index is 0.482. The zero-order chi connectivity index (χ0) is 76.1. The summed E-state index contributed by atoms with van der Waals surface area (Å²) < 4.78 is 23.6. The molecule has 0 saturated heterocycles. The highest BCUT2D eigenvalue weighted by Gasteiger charge is 2.37. The SMILES string of the molecule is CC(C)c1cc(C(C)C)c(-n2cc[n+]3c2-c2ccccc2C3)c(C(C)C)c1.CC(C)c1cccc(C(C)C)c1-n1cc[n+]2c1-c1ccccc1C2.Cc1cc(C)c(-n2cc[n+]3c2-c2ccccc2C3)c(C)c1.Cc1cccc(C)c1-n1cc[n+]2c1-c1ccccc1C2.c1cc2c3c(c1)c1ccccc1n1cc[n+](c31)C2. The van der Waals surface area contributed by atoms with E-state index in [2.05, 4.69) is 412 Å². The molecule has 5 aliphatic rings. The number of hydrogen-bond acceptors (Lipinski definition) is 0. The number of pyridine rings is 1. The van der Waals surface area contributed by atoms with Crippen LogP contribution in [0.2, 0.25) is 0 Å². The van der Waals surface area contributed by atoms with Gasteiger partial charge in [-0.25, -0.2) is 22.8 Å². The van der Waals surface area contributed by atoms with Crippen molar-refractivity contribution in [3.05, 3.63) is 346 Å². The van der Waals surface area contributed by atoms with E-state index < -0.39 is 0 Å². The fourth-order valence-corrected chi connectivity index (χ4v) is 18.4. The minimum absolute atomic E-state index is 0.482. The summed E-state index contributed by atoms with van der Waals surface area (Å²) >= 11 is 0. The molecule has 0 saturated carbocycles. The number of aryl methyl sites for hydroxylation is 5. The van der Waals surface area contributed by atoms with Crippen LogP contribution in [0, 0.1) is 34.6 Å². The highest BCUT2D eigenvalue weighted by molar-refractivity contribution is 6.12. The van der Waals surface area contributed by atoms with Crippen molar-refractivity contribution in [1.29, 1.82) is 0 Å². The number of benzene rings is 10. The average molecular weight is 1440 g/mol. The molecule has 0 spiro atoms. The van der Waals surface area contributed by atoms with Crippen molar-refractivity contribution >= 4 is 27.3 Å². The topological polar surface area (TPSA) is 43.5 Å². The van der Waals surface area contributed by atoms with Gasteiger partial charge in [0.05, 0.1) is 27.6 Å². The molecule has 16 aromatic rings. The van der Waals surface area contributed by atoms with Gasteiger partial charge in [-0.2, -0.15) is 22.7 Å². The van der Waals surface area contributed by atoms with E-state index in [1.54, 1.807) is 0 Å². The molecule has 21 rings (SSSR count). The van der Waals surface area contributed by atoms with Crippen molar-refractivity contribution in [3.63, 3.8) is 0 Å². The number of fused-ring (bicyclic) bond motifs is 15. The van der Waals surface area contributed by atoms with Gasteiger partial charge in [0.1, 0.15) is 123 Å². The summed E-state index contributed by atoms with van der Waals surface area (Å²) in [5, 5.41) is 4.13. The summed E-state index contributed by atoms with van der Waals surface area (Å²) in [6, 6.07) is 72.9. The number of imidazole rings is 5. The van der Waals surface area contributed by atoms with Crippen LogP contribution in [0.5, 0.6) is 0 Å². The Hall–Kier alpha value is -11.8. The molecule has 10 heteroatoms. The van der Waals surface area contributed by atoms with Gasteiger partial charge in [-0.1, -0.05) is 245 Å². The van der Waals surface area contributed by atoms with Gasteiger partial charge in [0.2, 0.25) is 0 Å². The smallest absolute Gasteiger partial charge is 0.225 e. The van der Waals surface area contributed by atoms with Crippen LogP contribution < -0.4 is 22.8 Å². The van der Waals surface area contributed by atoms with E-state index in [1.165, 1.54) is 179 Å². The maximum atomic E-state index is 2.45. The summed E-state index contributed by atoms with van der Waals surface area (Å²) in [4.78, 5) is 0. The zero-order valence-electron chi connectivity index (χ0n) is 66.7. The van der Waals surface area contributed by atoms with Crippen LogP contribution in [0.1, 0.15) is 182 Å². The molecule has 0 bridgehead atoms. The molecule has 0 aliphatic carbocycles. The fourth-order valence-electron chi connectivity index (χ4n) is 18.4. The van der Waals surface area contributed by atoms with Crippen LogP contribution in [0.4, 0.5) is 0 Å². The van der Waals surface area contributed by atoms with Gasteiger partial charge in [-0.05, 0) is 122 Å². The van der Waals surface area contributed by atoms with E-state index in [0.29, 0.717) is 29.6 Å². The second kappa shape index (κ2) is 28.7. The van der Waals surface area contributed by atoms with Crippen molar-refractivity contribution in [3.8, 4) is 68.3 Å². The Labute approximate surface area is 649 Å². The number of para-hydroxylation sites is 3. The van der Waals surface area contributed by atoms with Gasteiger partial charge in [0.25, 0.3) is 28.9 Å². The normalized spacial score (nSPS) is 12.7. The molecule has 11 heterocycles. The number of aromatic nitrogens is 10. The van der Waals surface area contributed by atoms with E-state index in [1.807, 2.05) is 0 Å². The van der Waals surface area contributed by atoms with Gasteiger partial charge >= 0.3 is 0 Å². The molecule has 0 radical (unpaired) electrons. The molecule has 110 heavy (non-hydrogen) atoms. The first-order valence-electron chi connectivity index (χ1n) is 39.8. The molecule has 548 valence electrons. The van der Waals surface area contributed by atoms with E-state index in [4.69, 9.17) is 0 Å². The van der Waals surface area contributed by atoms with Gasteiger partial charge < -0.3 is 0 Å². The molecule has 0 unspecified atom stereocenters. The lowest BCUT2D eigenvalue weighted by molar-refractivity contribution is -0.671. The Kier molecular flexibility index (Phi) is 18.6. The van der Waals surface area contributed by atoms with E-state index in [0.717, 1.165) is 32.7 Å². The summed E-state index contributed by atoms with van der Waals surface area (Å²) in [6.45, 7) is 38.8. The van der Waals surface area contributed by atoms with Crippen molar-refractivity contribution < 1.29 is 22.8 Å². The fraction of sp³-hybridized carbons (Fsp3) is 0.250. The Morgan fingerprint density at radius 1 is 0.282 bits per heavy atom. The predicted molar refractivity (Wildman–Crippen MR) is 448 cm³/mol. The van der Waals surface area contributed by atoms with Crippen LogP contribution >= 0.6 is 0 Å². The van der Waals surface area contributed by atoms with Crippen molar-refractivity contribution in [2.45, 2.75) is 166 Å². The molecule has 5 aliphatic heterocycles. The molecule has 0 fully saturated rings. The van der Waals surface area contributed by atoms with Crippen LogP contribution in [0.25, 0.3) is 95.6 Å². The maximum absolute atomic E-state index is 2.45. The number of rotatable bonds is 9. The Bertz CT molecular complexity index is 6170. The number of nitrogens with zero attached hydrogens (tertiary/aromatic N) is 10. The first-order valence-corrected chi connectivity index (χ1v) is 39.8. The Balaban J connectivity index is 0.000000101. The Morgan fingerprint density at radius 2 is 0.618 bits per heavy atom. The van der Waals surface area contributed by atoms with E-state index >= 15 is 0 Å². The predicted octanol–water partition coefficient (Wildman–Crippen LogP) is 21.2. The average Bonchev–Trinajstić information content (AvgIpc) is 1.54. The molecule has 10 nitrogen and oxygen atoms in total. The van der Waals surface area contributed by atoms with Gasteiger partial charge in [0, 0.05) is 60.8 Å². The lowest BCUT2D eigenvalue weighted by atomic mass is 9.87. The largest absolute Gasteiger partial charge is 0.295 e. The molecular weight excluding hydrogens is 1340 g/mol. The standard InChI is InChI=1S/C25H31N2.C22H25N2.C19H19N2.C18H17N2.C16H11N2/c1-16(2)20-13-22(17(3)4)24(23(14-20)18(5)6)27-12-11-26-15-19-9-7-8-10-21(19)25(26)27;1-15(2)18-10-7-11-19(16(3)4)21(18)24-13-12-23-14-17-8-5-6-9-20(17)22(23)24;1-13-10-14(2)18(15(3)11-13)21-9-8-20-12-16-6-4-5-7-17(16)19(20)21;1-13-6-5-7-14(2)17(13)20-11-10-19-12-15-8-3-4-9-16(15)18(19)20;1-2-7-14-12(5-1)13-6-3-4-11-10-17-8-9-18(14)16(17)15(11)13/h7-14,16-18H,15H2,1-6H3;5-13,15-16H,14H2,1-4H3;4-11H,12H2,1-3H3;3-11H,12H2,1-2H3;1-9H,10H2/q5*+1.